The predicted molar refractivity (Wildman–Crippen MR) is 50.6 cm³/mol. The molecule has 13 heavy (non-hydrogen) atoms. The lowest BCUT2D eigenvalue weighted by Gasteiger charge is -2.37. The van der Waals surface area contributed by atoms with E-state index in [4.69, 9.17) is 4.74 Å². The molecule has 0 aromatic carbocycles. The molecule has 1 heterocycles. The minimum absolute atomic E-state index is 0.380. The molecule has 0 aromatic rings. The van der Waals surface area contributed by atoms with Gasteiger partial charge in [0.05, 0.1) is 0 Å². The first kappa shape index (κ1) is 9.20. The molecule has 1 atom stereocenters. The maximum absolute atomic E-state index is 11.1. The molecule has 1 unspecified atom stereocenters. The number of carbonyl (C=O) groups is 1. The second-order valence-corrected chi connectivity index (χ2v) is 4.36. The number of carbonyl (C=O) groups excluding carboxylic acids is 1. The van der Waals surface area contributed by atoms with Crippen molar-refractivity contribution < 1.29 is 9.53 Å². The number of aldehydes is 1. The molecule has 1 aliphatic carbocycles. The molecule has 1 saturated heterocycles. The molecule has 0 N–H and O–H groups in total. The maximum Gasteiger partial charge on any atom is 0.152 e. The fourth-order valence-corrected chi connectivity index (χ4v) is 2.76. The molecule has 1 aliphatic heterocycles. The summed E-state index contributed by atoms with van der Waals surface area (Å²) in [6.45, 7) is 0.787. The average Bonchev–Trinajstić information content (AvgIpc) is 2.72. The number of ether oxygens (including phenoxy) is 1. The van der Waals surface area contributed by atoms with Gasteiger partial charge in [-0.25, -0.2) is 0 Å². The summed E-state index contributed by atoms with van der Waals surface area (Å²) >= 11 is 0. The number of hydrogen-bond acceptors (Lipinski definition) is 2. The van der Waals surface area contributed by atoms with E-state index in [1.807, 2.05) is 0 Å². The van der Waals surface area contributed by atoms with Crippen LogP contribution in [0.4, 0.5) is 0 Å². The summed E-state index contributed by atoms with van der Waals surface area (Å²) in [6, 6.07) is 0. The van der Waals surface area contributed by atoms with Crippen molar-refractivity contribution >= 4 is 6.29 Å². The van der Waals surface area contributed by atoms with Crippen LogP contribution in [0.15, 0.2) is 0 Å². The van der Waals surface area contributed by atoms with Gasteiger partial charge in [0, 0.05) is 6.61 Å². The maximum atomic E-state index is 11.1. The lowest BCUT2D eigenvalue weighted by Crippen LogP contribution is -2.44. The first-order chi connectivity index (χ1) is 6.37. The molecule has 2 heteroatoms. The Morgan fingerprint density at radius 1 is 1.15 bits per heavy atom. The van der Waals surface area contributed by atoms with Gasteiger partial charge in [-0.05, 0) is 38.0 Å². The molecule has 0 bridgehead atoms. The van der Waals surface area contributed by atoms with E-state index >= 15 is 0 Å². The summed E-state index contributed by atoms with van der Waals surface area (Å²) in [6.07, 6.45) is 9.28. The van der Waals surface area contributed by atoms with Gasteiger partial charge in [-0.3, -0.25) is 0 Å². The van der Waals surface area contributed by atoms with Gasteiger partial charge in [0.15, 0.2) is 6.29 Å². The van der Waals surface area contributed by atoms with Crippen LogP contribution in [0.25, 0.3) is 0 Å². The third kappa shape index (κ3) is 1.64. The van der Waals surface area contributed by atoms with Crippen molar-refractivity contribution in [3.63, 3.8) is 0 Å². The Hall–Kier alpha value is -0.370. The van der Waals surface area contributed by atoms with Crippen LogP contribution in [0, 0.1) is 5.92 Å². The minimum atomic E-state index is -0.380. The average molecular weight is 182 g/mol. The van der Waals surface area contributed by atoms with Crippen LogP contribution in [0.1, 0.15) is 44.9 Å². The van der Waals surface area contributed by atoms with Crippen molar-refractivity contribution in [3.8, 4) is 0 Å². The fraction of sp³-hybridized carbons (Fsp3) is 0.909. The molecular weight excluding hydrogens is 164 g/mol. The van der Waals surface area contributed by atoms with Crippen molar-refractivity contribution in [2.75, 3.05) is 6.61 Å². The van der Waals surface area contributed by atoms with Crippen molar-refractivity contribution in [1.29, 1.82) is 0 Å². The Morgan fingerprint density at radius 2 is 1.92 bits per heavy atom. The third-order valence-electron chi connectivity index (χ3n) is 3.58. The lowest BCUT2D eigenvalue weighted by molar-refractivity contribution is -0.148. The van der Waals surface area contributed by atoms with Crippen LogP contribution >= 0.6 is 0 Å². The third-order valence-corrected chi connectivity index (χ3v) is 3.58. The topological polar surface area (TPSA) is 26.3 Å². The van der Waals surface area contributed by atoms with E-state index in [0.717, 1.165) is 32.2 Å². The molecule has 2 fully saturated rings. The summed E-state index contributed by atoms with van der Waals surface area (Å²) in [5.41, 5.74) is -0.380. The molecule has 0 amide bonds. The molecule has 0 radical (unpaired) electrons. The van der Waals surface area contributed by atoms with Crippen molar-refractivity contribution in [3.05, 3.63) is 0 Å². The Balaban J connectivity index is 2.07. The molecule has 2 nitrogen and oxygen atoms in total. The van der Waals surface area contributed by atoms with Gasteiger partial charge in [0.2, 0.25) is 0 Å². The Labute approximate surface area is 79.7 Å². The summed E-state index contributed by atoms with van der Waals surface area (Å²) in [7, 11) is 0. The highest BCUT2D eigenvalue weighted by molar-refractivity contribution is 5.63. The van der Waals surface area contributed by atoms with E-state index in [9.17, 15) is 4.79 Å². The van der Waals surface area contributed by atoms with Gasteiger partial charge >= 0.3 is 0 Å². The standard InChI is InChI=1S/C11H18O2/c12-9-11(7-3-4-8-13-11)10-5-1-2-6-10/h9-10H,1-8H2. The molecule has 2 aliphatic rings. The molecule has 74 valence electrons. The van der Waals surface area contributed by atoms with Crippen LogP contribution in [-0.4, -0.2) is 18.5 Å². The normalized spacial score (nSPS) is 36.3. The first-order valence-electron chi connectivity index (χ1n) is 5.48. The summed E-state index contributed by atoms with van der Waals surface area (Å²) in [5, 5.41) is 0. The van der Waals surface area contributed by atoms with Crippen molar-refractivity contribution in [1.82, 2.24) is 0 Å². The van der Waals surface area contributed by atoms with E-state index in [0.29, 0.717) is 5.92 Å². The van der Waals surface area contributed by atoms with Crippen LogP contribution in [0.3, 0.4) is 0 Å². The van der Waals surface area contributed by atoms with Gasteiger partial charge in [-0.15, -0.1) is 0 Å². The molecule has 0 spiro atoms. The van der Waals surface area contributed by atoms with Crippen molar-refractivity contribution in [2.45, 2.75) is 50.5 Å². The monoisotopic (exact) mass is 182 g/mol. The second-order valence-electron chi connectivity index (χ2n) is 4.36. The quantitative estimate of drug-likeness (QED) is 0.612. The summed E-state index contributed by atoms with van der Waals surface area (Å²) < 4.78 is 5.73. The number of rotatable bonds is 2. The van der Waals surface area contributed by atoms with E-state index in [2.05, 4.69) is 0 Å². The van der Waals surface area contributed by atoms with Crippen LogP contribution in [-0.2, 0) is 9.53 Å². The smallest absolute Gasteiger partial charge is 0.152 e. The lowest BCUT2D eigenvalue weighted by atomic mass is 9.81. The summed E-state index contributed by atoms with van der Waals surface area (Å²) in [4.78, 5) is 11.1. The van der Waals surface area contributed by atoms with Crippen LogP contribution < -0.4 is 0 Å². The molecule has 0 aromatic heterocycles. The summed E-state index contributed by atoms with van der Waals surface area (Å²) in [5.74, 6) is 0.519. The van der Waals surface area contributed by atoms with E-state index in [-0.39, 0.29) is 5.60 Å². The number of hydrogen-bond donors (Lipinski definition) is 0. The highest BCUT2D eigenvalue weighted by atomic mass is 16.5. The van der Waals surface area contributed by atoms with Crippen LogP contribution in [0.2, 0.25) is 0 Å². The zero-order chi connectivity index (χ0) is 9.15. The van der Waals surface area contributed by atoms with Crippen molar-refractivity contribution in [2.24, 2.45) is 5.92 Å². The zero-order valence-electron chi connectivity index (χ0n) is 8.13. The fourth-order valence-electron chi connectivity index (χ4n) is 2.76. The first-order valence-corrected chi connectivity index (χ1v) is 5.48. The second kappa shape index (κ2) is 3.79. The van der Waals surface area contributed by atoms with Gasteiger partial charge in [-0.2, -0.15) is 0 Å². The van der Waals surface area contributed by atoms with Gasteiger partial charge in [0.25, 0.3) is 0 Å². The molecule has 1 saturated carbocycles. The molecule has 2 rings (SSSR count). The van der Waals surface area contributed by atoms with E-state index < -0.39 is 0 Å². The van der Waals surface area contributed by atoms with Crippen LogP contribution in [0.5, 0.6) is 0 Å². The Bertz CT molecular complexity index is 177. The SMILES string of the molecule is O=CC1(C2CCCC2)CCCCO1. The Kier molecular flexibility index (Phi) is 2.68. The Morgan fingerprint density at radius 3 is 2.46 bits per heavy atom. The zero-order valence-corrected chi connectivity index (χ0v) is 8.13. The highest BCUT2D eigenvalue weighted by Crippen LogP contribution is 2.40. The van der Waals surface area contributed by atoms with Gasteiger partial charge in [-0.1, -0.05) is 12.8 Å². The van der Waals surface area contributed by atoms with E-state index in [1.54, 1.807) is 0 Å². The van der Waals surface area contributed by atoms with E-state index in [1.165, 1.54) is 25.7 Å². The largest absolute Gasteiger partial charge is 0.367 e. The highest BCUT2D eigenvalue weighted by Gasteiger charge is 2.42. The molecular formula is C11H18O2. The minimum Gasteiger partial charge on any atom is -0.367 e. The predicted octanol–water partition coefficient (Wildman–Crippen LogP) is 2.31. The van der Waals surface area contributed by atoms with Gasteiger partial charge < -0.3 is 9.53 Å². The van der Waals surface area contributed by atoms with Gasteiger partial charge in [0.1, 0.15) is 5.60 Å².